The number of amides is 1. The first-order chi connectivity index (χ1) is 9.01. The summed E-state index contributed by atoms with van der Waals surface area (Å²) in [4.78, 5) is 20.6. The molecular weight excluding hydrogens is 282 g/mol. The molecule has 2 N–H and O–H groups in total. The van der Waals surface area contributed by atoms with Gasteiger partial charge in [-0.2, -0.15) is 0 Å². The van der Waals surface area contributed by atoms with Gasteiger partial charge in [0.2, 0.25) is 0 Å². The average Bonchev–Trinajstić information content (AvgIpc) is 2.93. The average molecular weight is 298 g/mol. The minimum Gasteiger partial charge on any atom is -0.356 e. The molecule has 0 aliphatic heterocycles. The summed E-state index contributed by atoms with van der Waals surface area (Å²) in [7, 11) is 0. The van der Waals surface area contributed by atoms with E-state index in [9.17, 15) is 4.79 Å². The van der Waals surface area contributed by atoms with Crippen LogP contribution in [0.5, 0.6) is 0 Å². The van der Waals surface area contributed by atoms with Crippen LogP contribution in [0, 0.1) is 13.8 Å². The topological polar surface area (TPSA) is 57.8 Å². The predicted molar refractivity (Wildman–Crippen MR) is 77.9 cm³/mol. The van der Waals surface area contributed by atoms with Gasteiger partial charge in [-0.25, -0.2) is 4.98 Å². The van der Waals surface area contributed by atoms with Crippen molar-refractivity contribution in [3.05, 3.63) is 38.6 Å². The van der Waals surface area contributed by atoms with E-state index in [0.29, 0.717) is 10.7 Å². The lowest BCUT2D eigenvalue weighted by molar-refractivity contribution is 0.0931. The van der Waals surface area contributed by atoms with Crippen molar-refractivity contribution < 1.29 is 4.79 Å². The molecule has 0 fully saturated rings. The number of H-pyrrole nitrogens is 1. The SMILES string of the molecule is CC[C@@H](NC(=O)c1cc(Cl)c[nH]1)c1nc(C)c(C)s1. The first-order valence-corrected chi connectivity index (χ1v) is 7.29. The summed E-state index contributed by atoms with van der Waals surface area (Å²) in [6.45, 7) is 6.04. The molecule has 102 valence electrons. The minimum atomic E-state index is -0.163. The molecule has 1 amide bonds. The van der Waals surface area contributed by atoms with Crippen LogP contribution in [0.1, 0.15) is 45.5 Å². The van der Waals surface area contributed by atoms with Crippen molar-refractivity contribution >= 4 is 28.8 Å². The Hall–Kier alpha value is -1.33. The number of aromatic amines is 1. The first kappa shape index (κ1) is 14.1. The molecule has 4 nitrogen and oxygen atoms in total. The fourth-order valence-electron chi connectivity index (χ4n) is 1.72. The molecule has 2 rings (SSSR count). The lowest BCUT2D eigenvalue weighted by atomic mass is 10.2. The summed E-state index contributed by atoms with van der Waals surface area (Å²) in [6.07, 6.45) is 2.39. The zero-order valence-electron chi connectivity index (χ0n) is 11.1. The van der Waals surface area contributed by atoms with Gasteiger partial charge in [0.1, 0.15) is 10.7 Å². The molecule has 19 heavy (non-hydrogen) atoms. The fourth-order valence-corrected chi connectivity index (χ4v) is 2.94. The van der Waals surface area contributed by atoms with Gasteiger partial charge < -0.3 is 10.3 Å². The van der Waals surface area contributed by atoms with Crippen molar-refractivity contribution in [3.63, 3.8) is 0 Å². The number of nitrogens with zero attached hydrogens (tertiary/aromatic N) is 1. The van der Waals surface area contributed by atoms with Crippen LogP contribution in [0.2, 0.25) is 5.02 Å². The summed E-state index contributed by atoms with van der Waals surface area (Å²) < 4.78 is 0. The van der Waals surface area contributed by atoms with Crippen LogP contribution in [0.4, 0.5) is 0 Å². The molecule has 2 heterocycles. The van der Waals surface area contributed by atoms with E-state index < -0.39 is 0 Å². The molecular formula is C13H16ClN3OS. The predicted octanol–water partition coefficient (Wildman–Crippen LogP) is 3.62. The highest BCUT2D eigenvalue weighted by molar-refractivity contribution is 7.11. The van der Waals surface area contributed by atoms with Gasteiger partial charge in [-0.3, -0.25) is 4.79 Å². The third-order valence-corrected chi connectivity index (χ3v) is 4.35. The number of aryl methyl sites for hydroxylation is 2. The molecule has 0 bridgehead atoms. The number of nitrogens with one attached hydrogen (secondary N) is 2. The van der Waals surface area contributed by atoms with Crippen molar-refractivity contribution in [2.75, 3.05) is 0 Å². The van der Waals surface area contributed by atoms with E-state index >= 15 is 0 Å². The third kappa shape index (κ3) is 3.16. The van der Waals surface area contributed by atoms with Gasteiger partial charge in [-0.1, -0.05) is 18.5 Å². The summed E-state index contributed by atoms with van der Waals surface area (Å²) in [5.41, 5.74) is 1.49. The van der Waals surface area contributed by atoms with Gasteiger partial charge in [-0.15, -0.1) is 11.3 Å². The van der Waals surface area contributed by atoms with Crippen LogP contribution >= 0.6 is 22.9 Å². The molecule has 0 saturated heterocycles. The maximum atomic E-state index is 12.1. The van der Waals surface area contributed by atoms with Gasteiger partial charge in [0.25, 0.3) is 5.91 Å². The maximum absolute atomic E-state index is 12.1. The molecule has 1 atom stereocenters. The van der Waals surface area contributed by atoms with Gasteiger partial charge in [0.15, 0.2) is 0 Å². The van der Waals surface area contributed by atoms with Crippen LogP contribution in [-0.2, 0) is 0 Å². The van der Waals surface area contributed by atoms with E-state index in [0.717, 1.165) is 17.1 Å². The molecule has 0 spiro atoms. The molecule has 0 aromatic carbocycles. The molecule has 0 saturated carbocycles. The highest BCUT2D eigenvalue weighted by Crippen LogP contribution is 2.25. The van der Waals surface area contributed by atoms with Crippen LogP contribution in [0.25, 0.3) is 0 Å². The van der Waals surface area contributed by atoms with Gasteiger partial charge in [0.05, 0.1) is 16.8 Å². The molecule has 2 aromatic rings. The van der Waals surface area contributed by atoms with E-state index in [1.54, 1.807) is 23.6 Å². The molecule has 0 radical (unpaired) electrons. The van der Waals surface area contributed by atoms with Gasteiger partial charge in [-0.05, 0) is 26.3 Å². The largest absolute Gasteiger partial charge is 0.356 e. The summed E-state index contributed by atoms with van der Waals surface area (Å²) in [5.74, 6) is -0.163. The summed E-state index contributed by atoms with van der Waals surface area (Å²) >= 11 is 7.42. The Morgan fingerprint density at radius 2 is 2.32 bits per heavy atom. The Labute approximate surface area is 121 Å². The Kier molecular flexibility index (Phi) is 4.27. The summed E-state index contributed by atoms with van der Waals surface area (Å²) in [6, 6.07) is 1.55. The summed E-state index contributed by atoms with van der Waals surface area (Å²) in [5, 5.41) is 4.45. The molecule has 0 aliphatic rings. The lowest BCUT2D eigenvalue weighted by Gasteiger charge is -2.13. The Morgan fingerprint density at radius 3 is 2.79 bits per heavy atom. The van der Waals surface area contributed by atoms with Crippen molar-refractivity contribution in [3.8, 4) is 0 Å². The first-order valence-electron chi connectivity index (χ1n) is 6.10. The zero-order valence-corrected chi connectivity index (χ0v) is 12.7. The quantitative estimate of drug-likeness (QED) is 0.905. The van der Waals surface area contributed by atoms with E-state index in [1.807, 2.05) is 20.8 Å². The standard InChI is InChI=1S/C13H16ClN3OS/c1-4-10(13-16-7(2)8(3)19-13)17-12(18)11-5-9(14)6-15-11/h5-6,10,15H,4H2,1-3H3,(H,17,18)/t10-/m1/s1. The molecule has 6 heteroatoms. The number of halogens is 1. The molecule has 0 aliphatic carbocycles. The Morgan fingerprint density at radius 1 is 1.58 bits per heavy atom. The number of rotatable bonds is 4. The molecule has 2 aromatic heterocycles. The number of hydrogen-bond donors (Lipinski definition) is 2. The van der Waals surface area contributed by atoms with Crippen LogP contribution < -0.4 is 5.32 Å². The Bertz CT molecular complexity index is 571. The number of hydrogen-bond acceptors (Lipinski definition) is 3. The van der Waals surface area contributed by atoms with Gasteiger partial charge >= 0.3 is 0 Å². The monoisotopic (exact) mass is 297 g/mol. The third-order valence-electron chi connectivity index (χ3n) is 2.95. The van der Waals surface area contributed by atoms with Crippen molar-refractivity contribution in [1.82, 2.24) is 15.3 Å². The van der Waals surface area contributed by atoms with Crippen LogP contribution in [-0.4, -0.2) is 15.9 Å². The van der Waals surface area contributed by atoms with Crippen LogP contribution in [0.3, 0.4) is 0 Å². The van der Waals surface area contributed by atoms with E-state index in [1.165, 1.54) is 4.88 Å². The molecule has 0 unspecified atom stereocenters. The van der Waals surface area contributed by atoms with Crippen LogP contribution in [0.15, 0.2) is 12.3 Å². The number of aromatic nitrogens is 2. The van der Waals surface area contributed by atoms with Crippen molar-refractivity contribution in [2.24, 2.45) is 0 Å². The normalized spacial score (nSPS) is 12.4. The minimum absolute atomic E-state index is 0.0630. The second kappa shape index (κ2) is 5.75. The maximum Gasteiger partial charge on any atom is 0.268 e. The second-order valence-electron chi connectivity index (χ2n) is 4.36. The van der Waals surface area contributed by atoms with Gasteiger partial charge in [0, 0.05) is 11.1 Å². The highest BCUT2D eigenvalue weighted by atomic mass is 35.5. The van der Waals surface area contributed by atoms with E-state index in [-0.39, 0.29) is 11.9 Å². The highest BCUT2D eigenvalue weighted by Gasteiger charge is 2.18. The smallest absolute Gasteiger partial charge is 0.268 e. The van der Waals surface area contributed by atoms with E-state index in [2.05, 4.69) is 15.3 Å². The zero-order chi connectivity index (χ0) is 14.0. The Balaban J connectivity index is 2.13. The number of carbonyl (C=O) groups excluding carboxylic acids is 1. The van der Waals surface area contributed by atoms with Crippen molar-refractivity contribution in [1.29, 1.82) is 0 Å². The number of thiazole rings is 1. The fraction of sp³-hybridized carbons (Fsp3) is 0.385. The second-order valence-corrected chi connectivity index (χ2v) is 6.03. The number of carbonyl (C=O) groups is 1. The van der Waals surface area contributed by atoms with Crippen molar-refractivity contribution in [2.45, 2.75) is 33.2 Å². The van der Waals surface area contributed by atoms with E-state index in [4.69, 9.17) is 11.6 Å². The lowest BCUT2D eigenvalue weighted by Crippen LogP contribution is -2.28.